The van der Waals surface area contributed by atoms with E-state index in [9.17, 15) is 29.1 Å². The van der Waals surface area contributed by atoms with Crippen LogP contribution in [-0.2, 0) is 24.0 Å². The van der Waals surface area contributed by atoms with Gasteiger partial charge >= 0.3 is 0 Å². The number of piperidine rings is 1. The van der Waals surface area contributed by atoms with E-state index in [1.54, 1.807) is 29.7 Å². The number of aliphatic hydroxyl groups is 1. The van der Waals surface area contributed by atoms with E-state index in [2.05, 4.69) is 47.6 Å². The Morgan fingerprint density at radius 2 is 1.56 bits per heavy atom. The first-order valence-corrected chi connectivity index (χ1v) is 29.7. The summed E-state index contributed by atoms with van der Waals surface area (Å²) in [4.78, 5) is 90.3. The normalized spacial score (nSPS) is 18.6. The molecule has 5 amide bonds. The zero-order valence-corrected chi connectivity index (χ0v) is 48.7. The number of hydrogen-bond donors (Lipinski definition) is 6. The van der Waals surface area contributed by atoms with Crippen LogP contribution >= 0.6 is 34.7 Å². The maximum atomic E-state index is 14.1. The van der Waals surface area contributed by atoms with Gasteiger partial charge in [0, 0.05) is 81.9 Å². The lowest BCUT2D eigenvalue weighted by Crippen LogP contribution is -2.57. The molecule has 21 heteroatoms. The predicted molar refractivity (Wildman–Crippen MR) is 310 cm³/mol. The van der Waals surface area contributed by atoms with Crippen LogP contribution in [0.2, 0.25) is 5.02 Å². The molecule has 0 saturated carbocycles. The van der Waals surface area contributed by atoms with E-state index in [1.807, 2.05) is 75.4 Å². The molecule has 0 bridgehead atoms. The van der Waals surface area contributed by atoms with Crippen molar-refractivity contribution in [2.24, 2.45) is 11.1 Å². The molecule has 7 rings (SSSR count). The molecule has 78 heavy (non-hydrogen) atoms. The zero-order chi connectivity index (χ0) is 56.1. The maximum Gasteiger partial charge on any atom is 0.246 e. The van der Waals surface area contributed by atoms with Crippen molar-refractivity contribution in [1.29, 1.82) is 0 Å². The zero-order valence-electron chi connectivity index (χ0n) is 46.3. The summed E-state index contributed by atoms with van der Waals surface area (Å²) in [5.41, 5.74) is 17.0. The van der Waals surface area contributed by atoms with E-state index in [0.29, 0.717) is 58.2 Å². The summed E-state index contributed by atoms with van der Waals surface area (Å²) in [5.74, 6) is -0.229. The Balaban J connectivity index is 0.734. The van der Waals surface area contributed by atoms with Gasteiger partial charge in [-0.05, 0) is 81.7 Å². The number of anilines is 3. The van der Waals surface area contributed by atoms with Crippen LogP contribution in [0.3, 0.4) is 0 Å². The molecule has 3 aliphatic rings. The Morgan fingerprint density at radius 1 is 0.885 bits per heavy atom. The molecule has 424 valence electrons. The standard InChI is InChI=1S/C57H81ClN12O6S2/c1-37(39-18-20-40(21-19-39)50-38(2)62-36-77-50)63-53(75)43-33-41(71)35-70(43)55(76)51(56(3,4)5)66-46(72)17-12-10-8-7-9-11-13-26-67-29-31-69(32-30-67)48(74)23-22-47(73)64-42-15-14-16-44(49(42)58)78-54-52(59)65-45(34-61-54)68-27-24-57(6,60)25-28-68/h14-16,18-21,34,36-37,41,43,51,71H,7-13,17,22-33,35,60H2,1-6H3,(H2,59,65)(H,63,75)(H,64,73)(H,66,72)/t37-,41+,43-,51+/m1/s1. The van der Waals surface area contributed by atoms with Crippen molar-refractivity contribution in [3.8, 4) is 10.4 Å². The maximum absolute atomic E-state index is 14.1. The number of thiazole rings is 1. The lowest BCUT2D eigenvalue weighted by atomic mass is 9.85. The van der Waals surface area contributed by atoms with Crippen molar-refractivity contribution >= 4 is 81.6 Å². The predicted octanol–water partition coefficient (Wildman–Crippen LogP) is 7.97. The van der Waals surface area contributed by atoms with Gasteiger partial charge in [-0.15, -0.1) is 11.3 Å². The fourth-order valence-electron chi connectivity index (χ4n) is 10.2. The van der Waals surface area contributed by atoms with Crippen molar-refractivity contribution in [3.05, 3.63) is 70.5 Å². The van der Waals surface area contributed by atoms with E-state index >= 15 is 0 Å². The average molecular weight is 1130 g/mol. The number of aliphatic hydroxyl groups excluding tert-OH is 1. The fraction of sp³-hybridized carbons (Fsp3) is 0.579. The van der Waals surface area contributed by atoms with Gasteiger partial charge in [-0.2, -0.15) is 0 Å². The number of carbonyl (C=O) groups is 5. The first-order valence-electron chi connectivity index (χ1n) is 27.7. The summed E-state index contributed by atoms with van der Waals surface area (Å²) in [6, 6.07) is 11.3. The molecule has 0 radical (unpaired) electrons. The number of nitrogens with two attached hydrogens (primary N) is 2. The number of likely N-dealkylation sites (tertiary alicyclic amines) is 1. The van der Waals surface area contributed by atoms with Crippen molar-refractivity contribution in [1.82, 2.24) is 40.3 Å². The summed E-state index contributed by atoms with van der Waals surface area (Å²) in [7, 11) is 0. The topological polar surface area (TPSA) is 245 Å². The highest BCUT2D eigenvalue weighted by atomic mass is 35.5. The van der Waals surface area contributed by atoms with Crippen LogP contribution < -0.4 is 32.3 Å². The number of aryl methyl sites for hydroxylation is 1. The van der Waals surface area contributed by atoms with Crippen molar-refractivity contribution in [2.75, 3.05) is 68.3 Å². The molecule has 2 aromatic carbocycles. The van der Waals surface area contributed by atoms with Gasteiger partial charge in [0.25, 0.3) is 0 Å². The third-order valence-electron chi connectivity index (χ3n) is 15.2. The molecule has 3 fully saturated rings. The number of aromatic nitrogens is 3. The number of nitrogens with one attached hydrogen (secondary N) is 3. The van der Waals surface area contributed by atoms with Crippen molar-refractivity contribution in [3.63, 3.8) is 0 Å². The molecule has 8 N–H and O–H groups in total. The molecular weight excluding hydrogens is 1050 g/mol. The quantitative estimate of drug-likeness (QED) is 0.0386. The van der Waals surface area contributed by atoms with Crippen LogP contribution in [0.25, 0.3) is 10.4 Å². The second-order valence-electron chi connectivity index (χ2n) is 22.7. The second kappa shape index (κ2) is 27.7. The van der Waals surface area contributed by atoms with Crippen molar-refractivity contribution < 1.29 is 29.1 Å². The van der Waals surface area contributed by atoms with E-state index in [1.165, 1.54) is 16.7 Å². The number of nitrogens with zero attached hydrogens (tertiary/aromatic N) is 7. The van der Waals surface area contributed by atoms with Crippen LogP contribution in [0.15, 0.2) is 64.1 Å². The van der Waals surface area contributed by atoms with Crippen LogP contribution in [-0.4, -0.2) is 140 Å². The van der Waals surface area contributed by atoms with Gasteiger partial charge in [0.15, 0.2) is 5.82 Å². The van der Waals surface area contributed by atoms with Gasteiger partial charge < -0.3 is 47.2 Å². The Kier molecular flexibility index (Phi) is 21.4. The van der Waals surface area contributed by atoms with Crippen LogP contribution in [0.1, 0.15) is 135 Å². The number of nitrogen functional groups attached to an aromatic ring is 1. The minimum Gasteiger partial charge on any atom is -0.391 e. The van der Waals surface area contributed by atoms with E-state index in [-0.39, 0.29) is 66.9 Å². The molecule has 0 unspecified atom stereocenters. The molecule has 5 heterocycles. The lowest BCUT2D eigenvalue weighted by molar-refractivity contribution is -0.144. The Labute approximate surface area is 473 Å². The van der Waals surface area contributed by atoms with E-state index in [0.717, 1.165) is 106 Å². The SMILES string of the molecule is Cc1ncsc1-c1ccc([C@@H](C)NC(=O)[C@H]2C[C@H](O)CN2C(=O)[C@H](NC(=O)CCCCCCCCCN2CCN(C(=O)CCC(=O)Nc3cccc(Sc4ncc(N5CCC(C)(N)CC5)nc4N)c3Cl)CC2)C(C)(C)C)cc1. The number of unbranched alkanes of at least 4 members (excludes halogenated alkanes) is 6. The Morgan fingerprint density at radius 3 is 2.22 bits per heavy atom. The summed E-state index contributed by atoms with van der Waals surface area (Å²) in [6.07, 6.45) is 10.1. The smallest absolute Gasteiger partial charge is 0.246 e. The van der Waals surface area contributed by atoms with Gasteiger partial charge in [0.05, 0.1) is 45.1 Å². The first-order chi connectivity index (χ1) is 37.1. The van der Waals surface area contributed by atoms with Crippen molar-refractivity contribution in [2.45, 2.75) is 165 Å². The van der Waals surface area contributed by atoms with Crippen LogP contribution in [0.4, 0.5) is 17.3 Å². The van der Waals surface area contributed by atoms with Gasteiger partial charge in [-0.1, -0.05) is 107 Å². The number of rotatable bonds is 23. The summed E-state index contributed by atoms with van der Waals surface area (Å²) in [6.45, 7) is 17.0. The molecule has 0 aliphatic carbocycles. The molecule has 0 spiro atoms. The molecule has 4 atom stereocenters. The van der Waals surface area contributed by atoms with Crippen LogP contribution in [0, 0.1) is 12.3 Å². The minimum absolute atomic E-state index is 0.0221. The summed E-state index contributed by atoms with van der Waals surface area (Å²) in [5, 5.41) is 20.5. The first kappa shape index (κ1) is 60.3. The average Bonchev–Trinajstić information content (AvgIpc) is 4.06. The number of halogens is 1. The largest absolute Gasteiger partial charge is 0.391 e. The minimum atomic E-state index is -0.863. The number of hydrogen-bond acceptors (Lipinski definition) is 15. The van der Waals surface area contributed by atoms with Gasteiger partial charge in [-0.3, -0.25) is 28.9 Å². The number of β-amino-alcohol motifs (C(OH)–C–C–N with tert-alkyl or cyclic N) is 1. The van der Waals surface area contributed by atoms with Crippen LogP contribution in [0.5, 0.6) is 0 Å². The number of amides is 5. The highest BCUT2D eigenvalue weighted by molar-refractivity contribution is 7.99. The monoisotopic (exact) mass is 1130 g/mol. The Bertz CT molecular complexity index is 2680. The summed E-state index contributed by atoms with van der Waals surface area (Å²) < 4.78 is 0. The molecule has 3 aliphatic heterocycles. The third kappa shape index (κ3) is 16.8. The third-order valence-corrected chi connectivity index (χ3v) is 17.7. The highest BCUT2D eigenvalue weighted by Gasteiger charge is 2.45. The van der Waals surface area contributed by atoms with Gasteiger partial charge in [-0.25, -0.2) is 15.0 Å². The number of piperazine rings is 1. The molecule has 2 aromatic heterocycles. The van der Waals surface area contributed by atoms with E-state index < -0.39 is 23.6 Å². The number of carbonyl (C=O) groups excluding carboxylic acids is 5. The van der Waals surface area contributed by atoms with E-state index in [4.69, 9.17) is 23.1 Å². The molecule has 4 aromatic rings. The molecule has 3 saturated heterocycles. The second-order valence-corrected chi connectivity index (χ2v) is 24.9. The lowest BCUT2D eigenvalue weighted by Gasteiger charge is -2.37. The summed E-state index contributed by atoms with van der Waals surface area (Å²) >= 11 is 9.61. The Hall–Kier alpha value is -5.38. The molecular formula is C57H81ClN12O6S2. The molecule has 18 nitrogen and oxygen atoms in total. The highest BCUT2D eigenvalue weighted by Crippen LogP contribution is 2.39. The number of benzene rings is 2. The fourth-order valence-corrected chi connectivity index (χ4v) is 12.1. The van der Waals surface area contributed by atoms with Gasteiger partial charge in [0.1, 0.15) is 22.9 Å². The van der Waals surface area contributed by atoms with Gasteiger partial charge in [0.2, 0.25) is 29.5 Å².